The molecular weight excluding hydrogens is 324 g/mol. The fourth-order valence-corrected chi connectivity index (χ4v) is 2.02. The second-order valence-electron chi connectivity index (χ2n) is 5.20. The summed E-state index contributed by atoms with van der Waals surface area (Å²) in [5.41, 5.74) is 4.27. The van der Waals surface area contributed by atoms with Gasteiger partial charge < -0.3 is 5.32 Å². The number of anilines is 1. The van der Waals surface area contributed by atoms with Crippen LogP contribution in [0.2, 0.25) is 0 Å². The van der Waals surface area contributed by atoms with E-state index in [2.05, 4.69) is 15.8 Å². The molecule has 25 heavy (non-hydrogen) atoms. The maximum absolute atomic E-state index is 12.1. The molecule has 2 N–H and O–H groups in total. The lowest BCUT2D eigenvalue weighted by Crippen LogP contribution is -2.19. The van der Waals surface area contributed by atoms with Crippen molar-refractivity contribution in [2.45, 2.75) is 13.8 Å². The van der Waals surface area contributed by atoms with Gasteiger partial charge in [-0.1, -0.05) is 12.1 Å². The highest BCUT2D eigenvalue weighted by molar-refractivity contribution is 6.01. The zero-order valence-electron chi connectivity index (χ0n) is 13.6. The molecule has 2 rings (SSSR count). The zero-order chi connectivity index (χ0) is 18.4. The highest BCUT2D eigenvalue weighted by atomic mass is 16.6. The third kappa shape index (κ3) is 4.96. The molecule has 0 heterocycles. The number of nitrogens with zero attached hydrogens (tertiary/aromatic N) is 2. The minimum atomic E-state index is -0.494. The maximum atomic E-state index is 12.1. The Bertz CT molecular complexity index is 844. The summed E-state index contributed by atoms with van der Waals surface area (Å²) in [6.45, 7) is 3.03. The molecule has 0 aliphatic heterocycles. The first-order valence-corrected chi connectivity index (χ1v) is 7.34. The van der Waals surface area contributed by atoms with Crippen molar-refractivity contribution in [1.82, 2.24) is 5.43 Å². The molecule has 128 valence electrons. The van der Waals surface area contributed by atoms with Gasteiger partial charge in [-0.05, 0) is 31.2 Å². The number of rotatable bonds is 5. The largest absolute Gasteiger partial charge is 0.326 e. The van der Waals surface area contributed by atoms with Gasteiger partial charge in [-0.3, -0.25) is 19.7 Å². The summed E-state index contributed by atoms with van der Waals surface area (Å²) in [6, 6.07) is 12.3. The zero-order valence-corrected chi connectivity index (χ0v) is 13.6. The summed E-state index contributed by atoms with van der Waals surface area (Å²) in [4.78, 5) is 33.3. The van der Waals surface area contributed by atoms with Crippen molar-refractivity contribution in [2.75, 3.05) is 5.32 Å². The number of hydrazone groups is 1. The molecule has 8 heteroatoms. The normalized spacial score (nSPS) is 10.9. The number of nitro benzene ring substituents is 1. The van der Waals surface area contributed by atoms with Crippen LogP contribution in [0, 0.1) is 10.1 Å². The van der Waals surface area contributed by atoms with Gasteiger partial charge in [-0.2, -0.15) is 5.10 Å². The molecule has 0 saturated carbocycles. The van der Waals surface area contributed by atoms with E-state index in [1.807, 2.05) is 0 Å². The standard InChI is InChI=1S/C17H16N4O4/c1-11(14-4-3-5-16(10-14)21(24)25)19-20-17(23)13-6-8-15(9-7-13)18-12(2)22/h3-10H,1-2H3,(H,18,22)(H,20,23)/b19-11-. The highest BCUT2D eigenvalue weighted by Gasteiger charge is 2.09. The first-order chi connectivity index (χ1) is 11.9. The van der Waals surface area contributed by atoms with Crippen molar-refractivity contribution in [3.8, 4) is 0 Å². The van der Waals surface area contributed by atoms with Crippen molar-refractivity contribution in [3.05, 3.63) is 69.8 Å². The Labute approximate surface area is 143 Å². The van der Waals surface area contributed by atoms with Crippen LogP contribution in [-0.4, -0.2) is 22.4 Å². The number of carbonyl (C=O) groups excluding carboxylic acids is 2. The van der Waals surface area contributed by atoms with Crippen LogP contribution in [0.5, 0.6) is 0 Å². The second-order valence-corrected chi connectivity index (χ2v) is 5.20. The first-order valence-electron chi connectivity index (χ1n) is 7.34. The van der Waals surface area contributed by atoms with Crippen molar-refractivity contribution in [3.63, 3.8) is 0 Å². The van der Waals surface area contributed by atoms with E-state index >= 15 is 0 Å². The number of benzene rings is 2. The van der Waals surface area contributed by atoms with Crippen LogP contribution in [0.4, 0.5) is 11.4 Å². The Morgan fingerprint density at radius 3 is 2.32 bits per heavy atom. The van der Waals surface area contributed by atoms with E-state index in [4.69, 9.17) is 0 Å². The molecule has 2 aromatic rings. The number of hydrogen-bond donors (Lipinski definition) is 2. The van der Waals surface area contributed by atoms with E-state index in [0.717, 1.165) is 0 Å². The predicted octanol–water partition coefficient (Wildman–Crippen LogP) is 2.71. The monoisotopic (exact) mass is 340 g/mol. The smallest absolute Gasteiger partial charge is 0.271 e. The lowest BCUT2D eigenvalue weighted by Gasteiger charge is -2.05. The molecule has 0 fully saturated rings. The summed E-state index contributed by atoms with van der Waals surface area (Å²) >= 11 is 0. The average Bonchev–Trinajstić information content (AvgIpc) is 2.59. The van der Waals surface area contributed by atoms with Gasteiger partial charge in [0, 0.05) is 35.9 Å². The number of nitrogens with one attached hydrogen (secondary N) is 2. The number of hydrogen-bond acceptors (Lipinski definition) is 5. The molecule has 0 spiro atoms. The van der Waals surface area contributed by atoms with Crippen LogP contribution in [0.1, 0.15) is 29.8 Å². The van der Waals surface area contributed by atoms with Gasteiger partial charge in [-0.25, -0.2) is 5.43 Å². The molecule has 0 aliphatic carbocycles. The molecule has 0 unspecified atom stereocenters. The summed E-state index contributed by atoms with van der Waals surface area (Å²) < 4.78 is 0. The SMILES string of the molecule is CC(=O)Nc1ccc(C(=O)N/N=C(/C)c2cccc([N+](=O)[O-])c2)cc1. The molecule has 2 amide bonds. The third-order valence-electron chi connectivity index (χ3n) is 3.27. The van der Waals surface area contributed by atoms with Crippen LogP contribution in [0.15, 0.2) is 53.6 Å². The van der Waals surface area contributed by atoms with Crippen molar-refractivity contribution >= 4 is 28.9 Å². The fourth-order valence-electron chi connectivity index (χ4n) is 2.02. The summed E-state index contributed by atoms with van der Waals surface area (Å²) in [5.74, 6) is -0.631. The minimum Gasteiger partial charge on any atom is -0.326 e. The van der Waals surface area contributed by atoms with E-state index in [9.17, 15) is 19.7 Å². The average molecular weight is 340 g/mol. The molecule has 0 atom stereocenters. The number of nitro groups is 1. The number of amides is 2. The lowest BCUT2D eigenvalue weighted by molar-refractivity contribution is -0.384. The Morgan fingerprint density at radius 1 is 1.04 bits per heavy atom. The predicted molar refractivity (Wildman–Crippen MR) is 93.5 cm³/mol. The molecule has 0 radical (unpaired) electrons. The van der Waals surface area contributed by atoms with Gasteiger partial charge >= 0.3 is 0 Å². The van der Waals surface area contributed by atoms with Gasteiger partial charge in [0.25, 0.3) is 11.6 Å². The summed E-state index contributed by atoms with van der Waals surface area (Å²) in [7, 11) is 0. The van der Waals surface area contributed by atoms with Gasteiger partial charge in [0.15, 0.2) is 0 Å². The molecule has 0 saturated heterocycles. The van der Waals surface area contributed by atoms with Crippen LogP contribution in [0.3, 0.4) is 0 Å². The Balaban J connectivity index is 2.07. The van der Waals surface area contributed by atoms with Gasteiger partial charge in [-0.15, -0.1) is 0 Å². The van der Waals surface area contributed by atoms with Crippen LogP contribution >= 0.6 is 0 Å². The van der Waals surface area contributed by atoms with Crippen LogP contribution < -0.4 is 10.7 Å². The van der Waals surface area contributed by atoms with Crippen molar-refractivity contribution in [2.24, 2.45) is 5.10 Å². The summed E-state index contributed by atoms with van der Waals surface area (Å²) in [6.07, 6.45) is 0. The van der Waals surface area contributed by atoms with Crippen LogP contribution in [-0.2, 0) is 4.79 Å². The summed E-state index contributed by atoms with van der Waals surface area (Å²) in [5, 5.41) is 17.4. The van der Waals surface area contributed by atoms with E-state index < -0.39 is 10.8 Å². The second kappa shape index (κ2) is 7.82. The van der Waals surface area contributed by atoms with Gasteiger partial charge in [0.2, 0.25) is 5.91 Å². The van der Waals surface area contributed by atoms with Crippen LogP contribution in [0.25, 0.3) is 0 Å². The third-order valence-corrected chi connectivity index (χ3v) is 3.27. The minimum absolute atomic E-state index is 0.0491. The molecule has 0 aliphatic rings. The van der Waals surface area contributed by atoms with Crippen molar-refractivity contribution in [1.29, 1.82) is 0 Å². The van der Waals surface area contributed by atoms with Gasteiger partial charge in [0.05, 0.1) is 10.6 Å². The first kappa shape index (κ1) is 17.8. The molecule has 0 aromatic heterocycles. The highest BCUT2D eigenvalue weighted by Crippen LogP contribution is 2.14. The van der Waals surface area contributed by atoms with E-state index in [1.165, 1.54) is 19.1 Å². The Morgan fingerprint density at radius 2 is 1.72 bits per heavy atom. The molecule has 2 aromatic carbocycles. The van der Waals surface area contributed by atoms with Gasteiger partial charge in [0.1, 0.15) is 0 Å². The fraction of sp³-hybridized carbons (Fsp3) is 0.118. The molecule has 8 nitrogen and oxygen atoms in total. The molecular formula is C17H16N4O4. The van der Waals surface area contributed by atoms with E-state index in [0.29, 0.717) is 22.5 Å². The van der Waals surface area contributed by atoms with Crippen molar-refractivity contribution < 1.29 is 14.5 Å². The Hall–Kier alpha value is -3.55. The topological polar surface area (TPSA) is 114 Å². The number of carbonyl (C=O) groups is 2. The quantitative estimate of drug-likeness (QED) is 0.495. The number of non-ortho nitro benzene ring substituents is 1. The lowest BCUT2D eigenvalue weighted by atomic mass is 10.1. The Kier molecular flexibility index (Phi) is 5.57. The van der Waals surface area contributed by atoms with E-state index in [1.54, 1.807) is 43.3 Å². The van der Waals surface area contributed by atoms with E-state index in [-0.39, 0.29) is 11.6 Å². The maximum Gasteiger partial charge on any atom is 0.271 e. The molecule has 0 bridgehead atoms.